The lowest BCUT2D eigenvalue weighted by atomic mass is 10.4. The molecule has 114 valence electrons. The Hall–Kier alpha value is -1.83. The van der Waals surface area contributed by atoms with E-state index in [0.29, 0.717) is 17.5 Å². The van der Waals surface area contributed by atoms with Gasteiger partial charge in [-0.15, -0.1) is 5.10 Å². The standard InChI is InChI=1S/C13H20N6OS/c1-4-6-14-10-8-11(16-9(3)15-10)21-13-18-17-12(20)19(13)7-5-2/h8H,4-7H2,1-3H3,(H,17,20)(H,14,15,16). The first-order valence-corrected chi connectivity index (χ1v) is 7.88. The van der Waals surface area contributed by atoms with E-state index in [-0.39, 0.29) is 5.69 Å². The van der Waals surface area contributed by atoms with E-state index in [1.54, 1.807) is 4.57 Å². The lowest BCUT2D eigenvalue weighted by Crippen LogP contribution is -2.17. The number of H-pyrrole nitrogens is 1. The molecule has 0 spiro atoms. The highest BCUT2D eigenvalue weighted by Gasteiger charge is 2.11. The van der Waals surface area contributed by atoms with Gasteiger partial charge in [0.1, 0.15) is 16.7 Å². The maximum absolute atomic E-state index is 11.7. The quantitative estimate of drug-likeness (QED) is 0.761. The smallest absolute Gasteiger partial charge is 0.343 e. The number of aryl methyl sites for hydroxylation is 1. The minimum absolute atomic E-state index is 0.186. The van der Waals surface area contributed by atoms with Crippen molar-refractivity contribution >= 4 is 17.6 Å². The Bertz CT molecular complexity index is 650. The van der Waals surface area contributed by atoms with E-state index in [2.05, 4.69) is 32.4 Å². The normalized spacial score (nSPS) is 10.8. The van der Waals surface area contributed by atoms with Crippen molar-refractivity contribution in [2.24, 2.45) is 0 Å². The lowest BCUT2D eigenvalue weighted by Gasteiger charge is -2.07. The third-order valence-corrected chi connectivity index (χ3v) is 3.65. The lowest BCUT2D eigenvalue weighted by molar-refractivity contribution is 0.603. The van der Waals surface area contributed by atoms with Crippen LogP contribution in [0.2, 0.25) is 0 Å². The van der Waals surface area contributed by atoms with Gasteiger partial charge in [0.05, 0.1) is 0 Å². The molecule has 7 nitrogen and oxygen atoms in total. The summed E-state index contributed by atoms with van der Waals surface area (Å²) in [5.74, 6) is 1.49. The van der Waals surface area contributed by atoms with Crippen molar-refractivity contribution in [1.82, 2.24) is 24.7 Å². The molecule has 0 radical (unpaired) electrons. The number of hydrogen-bond donors (Lipinski definition) is 2. The summed E-state index contributed by atoms with van der Waals surface area (Å²) in [7, 11) is 0. The van der Waals surface area contributed by atoms with Crippen molar-refractivity contribution < 1.29 is 0 Å². The fourth-order valence-electron chi connectivity index (χ4n) is 1.83. The van der Waals surface area contributed by atoms with Gasteiger partial charge in [0, 0.05) is 19.2 Å². The van der Waals surface area contributed by atoms with Crippen LogP contribution >= 0.6 is 11.8 Å². The van der Waals surface area contributed by atoms with Gasteiger partial charge in [0.15, 0.2) is 5.16 Å². The van der Waals surface area contributed by atoms with Gasteiger partial charge in [-0.05, 0) is 31.5 Å². The van der Waals surface area contributed by atoms with Crippen LogP contribution in [0.5, 0.6) is 0 Å². The summed E-state index contributed by atoms with van der Waals surface area (Å²) >= 11 is 1.37. The van der Waals surface area contributed by atoms with Gasteiger partial charge in [-0.1, -0.05) is 13.8 Å². The Morgan fingerprint density at radius 1 is 1.33 bits per heavy atom. The fraction of sp³-hybridized carbons (Fsp3) is 0.538. The first-order chi connectivity index (χ1) is 10.1. The molecule has 0 amide bonds. The monoisotopic (exact) mass is 308 g/mol. The first kappa shape index (κ1) is 15.6. The van der Waals surface area contributed by atoms with Crippen molar-refractivity contribution in [2.45, 2.75) is 50.3 Å². The zero-order valence-corrected chi connectivity index (χ0v) is 13.3. The summed E-state index contributed by atoms with van der Waals surface area (Å²) in [5.41, 5.74) is -0.186. The molecular weight excluding hydrogens is 288 g/mol. The van der Waals surface area contributed by atoms with Crippen molar-refractivity contribution in [1.29, 1.82) is 0 Å². The second-order valence-electron chi connectivity index (χ2n) is 4.63. The van der Waals surface area contributed by atoms with Crippen LogP contribution in [-0.4, -0.2) is 31.3 Å². The van der Waals surface area contributed by atoms with E-state index < -0.39 is 0 Å². The van der Waals surface area contributed by atoms with Crippen LogP contribution < -0.4 is 11.0 Å². The summed E-state index contributed by atoms with van der Waals surface area (Å²) < 4.78 is 1.63. The molecule has 0 atom stereocenters. The van der Waals surface area contributed by atoms with Crippen LogP contribution in [0.25, 0.3) is 0 Å². The highest BCUT2D eigenvalue weighted by Crippen LogP contribution is 2.25. The molecule has 21 heavy (non-hydrogen) atoms. The van der Waals surface area contributed by atoms with Crippen molar-refractivity contribution in [3.05, 3.63) is 22.4 Å². The summed E-state index contributed by atoms with van der Waals surface area (Å²) in [6.45, 7) is 7.48. The fourth-order valence-corrected chi connectivity index (χ4v) is 2.74. The number of rotatable bonds is 7. The average Bonchev–Trinajstić information content (AvgIpc) is 2.78. The molecule has 0 aromatic carbocycles. The second-order valence-corrected chi connectivity index (χ2v) is 5.62. The van der Waals surface area contributed by atoms with Gasteiger partial charge in [0.25, 0.3) is 0 Å². The zero-order valence-electron chi connectivity index (χ0n) is 12.5. The molecule has 0 aliphatic rings. The molecule has 2 N–H and O–H groups in total. The number of anilines is 1. The van der Waals surface area contributed by atoms with Crippen molar-refractivity contribution in [3.63, 3.8) is 0 Å². The van der Waals surface area contributed by atoms with Crippen LogP contribution in [0.1, 0.15) is 32.5 Å². The van der Waals surface area contributed by atoms with E-state index >= 15 is 0 Å². The topological polar surface area (TPSA) is 88.5 Å². The highest BCUT2D eigenvalue weighted by atomic mass is 32.2. The number of aromatic amines is 1. The van der Waals surface area contributed by atoms with Crippen LogP contribution in [0.4, 0.5) is 5.82 Å². The van der Waals surface area contributed by atoms with E-state index in [0.717, 1.165) is 30.2 Å². The van der Waals surface area contributed by atoms with Gasteiger partial charge >= 0.3 is 5.69 Å². The molecule has 0 bridgehead atoms. The molecule has 2 aromatic rings. The molecule has 0 aliphatic carbocycles. The Labute approximate surface area is 127 Å². The summed E-state index contributed by atoms with van der Waals surface area (Å²) in [5, 5.41) is 11.2. The highest BCUT2D eigenvalue weighted by molar-refractivity contribution is 7.99. The molecule has 0 saturated heterocycles. The Morgan fingerprint density at radius 2 is 2.14 bits per heavy atom. The Morgan fingerprint density at radius 3 is 2.86 bits per heavy atom. The number of hydrogen-bond acceptors (Lipinski definition) is 6. The molecule has 8 heteroatoms. The van der Waals surface area contributed by atoms with E-state index in [9.17, 15) is 4.79 Å². The van der Waals surface area contributed by atoms with Crippen LogP contribution in [0.15, 0.2) is 21.0 Å². The Balaban J connectivity index is 2.23. The van der Waals surface area contributed by atoms with E-state index in [1.807, 2.05) is 19.9 Å². The number of nitrogens with zero attached hydrogens (tertiary/aromatic N) is 4. The zero-order chi connectivity index (χ0) is 15.2. The Kier molecular flexibility index (Phi) is 5.38. The average molecular weight is 308 g/mol. The van der Waals surface area contributed by atoms with E-state index in [4.69, 9.17) is 0 Å². The van der Waals surface area contributed by atoms with Gasteiger partial charge in [-0.25, -0.2) is 19.9 Å². The predicted octanol–water partition coefficient (Wildman–Crippen LogP) is 2.05. The molecule has 0 aliphatic heterocycles. The molecule has 2 rings (SSSR count). The second kappa shape index (κ2) is 7.26. The maximum atomic E-state index is 11.7. The molecule has 0 unspecified atom stereocenters. The molecule has 2 heterocycles. The number of aromatic nitrogens is 5. The molecule has 0 fully saturated rings. The SMILES string of the molecule is CCCNc1cc(Sc2n[nH]c(=O)n2CCC)nc(C)n1. The largest absolute Gasteiger partial charge is 0.370 e. The maximum Gasteiger partial charge on any atom is 0.343 e. The van der Waals surface area contributed by atoms with Gasteiger partial charge in [0.2, 0.25) is 0 Å². The van der Waals surface area contributed by atoms with Crippen molar-refractivity contribution in [2.75, 3.05) is 11.9 Å². The van der Waals surface area contributed by atoms with Gasteiger partial charge < -0.3 is 5.32 Å². The van der Waals surface area contributed by atoms with Crippen molar-refractivity contribution in [3.8, 4) is 0 Å². The number of nitrogens with one attached hydrogen (secondary N) is 2. The third-order valence-electron chi connectivity index (χ3n) is 2.74. The van der Waals surface area contributed by atoms with Gasteiger partial charge in [-0.2, -0.15) is 0 Å². The van der Waals surface area contributed by atoms with Gasteiger partial charge in [-0.3, -0.25) is 4.57 Å². The van der Waals surface area contributed by atoms with Crippen LogP contribution in [0.3, 0.4) is 0 Å². The molecule has 2 aromatic heterocycles. The van der Waals surface area contributed by atoms with Crippen LogP contribution in [0, 0.1) is 6.92 Å². The minimum Gasteiger partial charge on any atom is -0.370 e. The summed E-state index contributed by atoms with van der Waals surface area (Å²) in [6.07, 6.45) is 1.90. The summed E-state index contributed by atoms with van der Waals surface area (Å²) in [4.78, 5) is 20.4. The molecule has 0 saturated carbocycles. The summed E-state index contributed by atoms with van der Waals surface area (Å²) in [6, 6.07) is 1.88. The third kappa shape index (κ3) is 4.07. The van der Waals surface area contributed by atoms with Crippen LogP contribution in [-0.2, 0) is 6.54 Å². The predicted molar refractivity (Wildman–Crippen MR) is 82.8 cm³/mol. The molecular formula is C13H20N6OS. The minimum atomic E-state index is -0.186. The first-order valence-electron chi connectivity index (χ1n) is 7.06. The van der Waals surface area contributed by atoms with E-state index in [1.165, 1.54) is 11.8 Å².